The van der Waals surface area contributed by atoms with Crippen LogP contribution < -0.4 is 10.4 Å². The monoisotopic (exact) mass is 268 g/mol. The van der Waals surface area contributed by atoms with Crippen LogP contribution in [0.15, 0.2) is 45.6 Å². The zero-order chi connectivity index (χ0) is 14.1. The molecule has 3 aromatic rings. The molecular weight excluding hydrogens is 256 g/mol. The molecule has 1 aromatic carbocycles. The number of hydrogen-bond acceptors (Lipinski definition) is 5. The van der Waals surface area contributed by atoms with Crippen LogP contribution in [-0.4, -0.2) is 17.3 Å². The molecule has 5 heteroatoms. The Kier molecular flexibility index (Phi) is 2.95. The number of hydrogen-bond donors (Lipinski definition) is 0. The number of aryl methyl sites for hydroxylation is 1. The molecule has 0 fully saturated rings. The molecule has 0 N–H and O–H groups in total. The number of methoxy groups -OCH3 is 1. The molecular formula is C15H12N2O3. The fourth-order valence-electron chi connectivity index (χ4n) is 1.99. The highest BCUT2D eigenvalue weighted by Crippen LogP contribution is 2.20. The van der Waals surface area contributed by atoms with Gasteiger partial charge < -0.3 is 9.15 Å². The second-order valence-electron chi connectivity index (χ2n) is 4.45. The SMILES string of the molecule is COc1ccc(-c2cc3cc(C)ccc3oc2=O)nn1. The Labute approximate surface area is 114 Å². The van der Waals surface area contributed by atoms with Crippen LogP contribution in [0.1, 0.15) is 5.56 Å². The van der Waals surface area contributed by atoms with Gasteiger partial charge in [-0.15, -0.1) is 10.2 Å². The van der Waals surface area contributed by atoms with Gasteiger partial charge in [0.05, 0.1) is 12.7 Å². The van der Waals surface area contributed by atoms with Crippen LogP contribution in [0.5, 0.6) is 5.88 Å². The van der Waals surface area contributed by atoms with Crippen molar-refractivity contribution < 1.29 is 9.15 Å². The fraction of sp³-hybridized carbons (Fsp3) is 0.133. The highest BCUT2D eigenvalue weighted by molar-refractivity contribution is 5.81. The summed E-state index contributed by atoms with van der Waals surface area (Å²) in [5.41, 5.74) is 2.07. The van der Waals surface area contributed by atoms with Crippen molar-refractivity contribution in [3.05, 3.63) is 52.4 Å². The third-order valence-electron chi connectivity index (χ3n) is 3.01. The summed E-state index contributed by atoms with van der Waals surface area (Å²) in [6.07, 6.45) is 0. The van der Waals surface area contributed by atoms with Crippen LogP contribution in [-0.2, 0) is 0 Å². The topological polar surface area (TPSA) is 65.2 Å². The van der Waals surface area contributed by atoms with E-state index in [4.69, 9.17) is 9.15 Å². The molecule has 0 aliphatic heterocycles. The molecule has 3 rings (SSSR count). The molecule has 0 bridgehead atoms. The summed E-state index contributed by atoms with van der Waals surface area (Å²) in [5.74, 6) is 0.398. The van der Waals surface area contributed by atoms with Gasteiger partial charge in [-0.05, 0) is 31.2 Å². The van der Waals surface area contributed by atoms with Gasteiger partial charge in [0.25, 0.3) is 0 Å². The van der Waals surface area contributed by atoms with E-state index in [1.165, 1.54) is 7.11 Å². The van der Waals surface area contributed by atoms with E-state index in [2.05, 4.69) is 10.2 Å². The van der Waals surface area contributed by atoms with Gasteiger partial charge in [-0.1, -0.05) is 11.6 Å². The first-order valence-corrected chi connectivity index (χ1v) is 6.10. The van der Waals surface area contributed by atoms with Crippen molar-refractivity contribution in [1.82, 2.24) is 10.2 Å². The molecule has 20 heavy (non-hydrogen) atoms. The second-order valence-corrected chi connectivity index (χ2v) is 4.45. The van der Waals surface area contributed by atoms with Crippen molar-refractivity contribution in [3.63, 3.8) is 0 Å². The lowest BCUT2D eigenvalue weighted by Crippen LogP contribution is -2.04. The van der Waals surface area contributed by atoms with E-state index < -0.39 is 5.63 Å². The summed E-state index contributed by atoms with van der Waals surface area (Å²) in [7, 11) is 1.51. The first-order valence-electron chi connectivity index (χ1n) is 6.10. The Morgan fingerprint density at radius 3 is 2.65 bits per heavy atom. The van der Waals surface area contributed by atoms with Crippen LogP contribution in [0.2, 0.25) is 0 Å². The lowest BCUT2D eigenvalue weighted by atomic mass is 10.1. The van der Waals surface area contributed by atoms with Gasteiger partial charge in [0.2, 0.25) is 5.88 Å². The first-order chi connectivity index (χ1) is 9.67. The molecule has 0 atom stereocenters. The van der Waals surface area contributed by atoms with Gasteiger partial charge in [-0.2, -0.15) is 0 Å². The number of nitrogens with zero attached hydrogens (tertiary/aromatic N) is 2. The standard InChI is InChI=1S/C15H12N2O3/c1-9-3-5-13-10(7-9)8-11(15(18)20-13)12-4-6-14(19-2)17-16-12/h3-8H,1-2H3. The third kappa shape index (κ3) is 2.14. The summed E-state index contributed by atoms with van der Waals surface area (Å²) in [6.45, 7) is 1.98. The van der Waals surface area contributed by atoms with Crippen molar-refractivity contribution in [1.29, 1.82) is 0 Å². The van der Waals surface area contributed by atoms with E-state index in [0.717, 1.165) is 10.9 Å². The largest absolute Gasteiger partial charge is 0.480 e. The van der Waals surface area contributed by atoms with E-state index in [-0.39, 0.29) is 0 Å². The molecule has 5 nitrogen and oxygen atoms in total. The molecule has 2 heterocycles. The van der Waals surface area contributed by atoms with Crippen LogP contribution in [0.3, 0.4) is 0 Å². The lowest BCUT2D eigenvalue weighted by molar-refractivity contribution is 0.392. The molecule has 0 unspecified atom stereocenters. The number of rotatable bonds is 2. The summed E-state index contributed by atoms with van der Waals surface area (Å²) in [5, 5.41) is 8.69. The third-order valence-corrected chi connectivity index (χ3v) is 3.01. The predicted octanol–water partition coefficient (Wildman–Crippen LogP) is 2.57. The Balaban J connectivity index is 2.19. The van der Waals surface area contributed by atoms with E-state index in [9.17, 15) is 4.79 Å². The Morgan fingerprint density at radius 2 is 1.95 bits per heavy atom. The van der Waals surface area contributed by atoms with Crippen molar-refractivity contribution in [3.8, 4) is 17.1 Å². The lowest BCUT2D eigenvalue weighted by Gasteiger charge is -2.03. The first kappa shape index (κ1) is 12.3. The maximum Gasteiger partial charge on any atom is 0.345 e. The molecule has 0 amide bonds. The minimum absolute atomic E-state index is 0.387. The molecule has 0 aliphatic carbocycles. The summed E-state index contributed by atoms with van der Waals surface area (Å²) >= 11 is 0. The minimum Gasteiger partial charge on any atom is -0.480 e. The van der Waals surface area contributed by atoms with Gasteiger partial charge in [0, 0.05) is 11.5 Å². The Morgan fingerprint density at radius 1 is 1.10 bits per heavy atom. The van der Waals surface area contributed by atoms with Crippen LogP contribution in [0, 0.1) is 6.92 Å². The molecule has 0 saturated carbocycles. The van der Waals surface area contributed by atoms with Crippen molar-refractivity contribution in [2.24, 2.45) is 0 Å². The molecule has 0 aliphatic rings. The molecule has 100 valence electrons. The predicted molar refractivity (Wildman–Crippen MR) is 74.8 cm³/mol. The fourth-order valence-corrected chi connectivity index (χ4v) is 1.99. The average Bonchev–Trinajstić information content (AvgIpc) is 2.47. The molecule has 0 saturated heterocycles. The summed E-state index contributed by atoms with van der Waals surface area (Å²) in [6, 6.07) is 10.7. The highest BCUT2D eigenvalue weighted by atomic mass is 16.5. The van der Waals surface area contributed by atoms with E-state index in [1.54, 1.807) is 24.3 Å². The smallest absolute Gasteiger partial charge is 0.345 e. The van der Waals surface area contributed by atoms with Crippen molar-refractivity contribution >= 4 is 11.0 Å². The maximum atomic E-state index is 12.0. The van der Waals surface area contributed by atoms with Crippen LogP contribution in [0.25, 0.3) is 22.2 Å². The number of benzene rings is 1. The zero-order valence-corrected chi connectivity index (χ0v) is 11.1. The number of ether oxygens (including phenoxy) is 1. The van der Waals surface area contributed by atoms with Crippen LogP contribution >= 0.6 is 0 Å². The normalized spacial score (nSPS) is 10.7. The van der Waals surface area contributed by atoms with E-state index in [1.807, 2.05) is 19.1 Å². The van der Waals surface area contributed by atoms with E-state index in [0.29, 0.717) is 22.7 Å². The Hall–Kier alpha value is -2.69. The zero-order valence-electron chi connectivity index (χ0n) is 11.1. The van der Waals surface area contributed by atoms with Gasteiger partial charge in [0.1, 0.15) is 11.3 Å². The molecule has 0 spiro atoms. The van der Waals surface area contributed by atoms with Crippen LogP contribution in [0.4, 0.5) is 0 Å². The highest BCUT2D eigenvalue weighted by Gasteiger charge is 2.10. The number of fused-ring (bicyclic) bond motifs is 1. The van der Waals surface area contributed by atoms with Gasteiger partial charge in [0.15, 0.2) is 0 Å². The minimum atomic E-state index is -0.430. The average molecular weight is 268 g/mol. The summed E-state index contributed by atoms with van der Waals surface area (Å²) < 4.78 is 10.3. The quantitative estimate of drug-likeness (QED) is 0.668. The summed E-state index contributed by atoms with van der Waals surface area (Å²) in [4.78, 5) is 12.0. The van der Waals surface area contributed by atoms with Gasteiger partial charge in [-0.25, -0.2) is 4.79 Å². The van der Waals surface area contributed by atoms with Crippen molar-refractivity contribution in [2.75, 3.05) is 7.11 Å². The number of aromatic nitrogens is 2. The van der Waals surface area contributed by atoms with E-state index >= 15 is 0 Å². The molecule has 0 radical (unpaired) electrons. The molecule has 2 aromatic heterocycles. The van der Waals surface area contributed by atoms with Crippen molar-refractivity contribution in [2.45, 2.75) is 6.92 Å². The van der Waals surface area contributed by atoms with Gasteiger partial charge >= 0.3 is 5.63 Å². The Bertz CT molecular complexity index is 823. The maximum absolute atomic E-state index is 12.0. The second kappa shape index (κ2) is 4.77. The van der Waals surface area contributed by atoms with Gasteiger partial charge in [-0.3, -0.25) is 0 Å².